The zero-order valence-corrected chi connectivity index (χ0v) is 16.7. The number of nitrogens with zero attached hydrogens (tertiary/aromatic N) is 4. The van der Waals surface area contributed by atoms with Crippen LogP contribution < -0.4 is 11.1 Å². The summed E-state index contributed by atoms with van der Waals surface area (Å²) in [6.45, 7) is 2.17. The largest absolute Gasteiger partial charge is 0.368 e. The van der Waals surface area contributed by atoms with E-state index < -0.39 is 0 Å². The third kappa shape index (κ3) is 4.01. The van der Waals surface area contributed by atoms with Crippen LogP contribution in [-0.2, 0) is 26.3 Å². The van der Waals surface area contributed by atoms with Crippen molar-refractivity contribution in [1.29, 1.82) is 0 Å². The Labute approximate surface area is 166 Å². The first-order chi connectivity index (χ1) is 13.6. The van der Waals surface area contributed by atoms with E-state index in [-0.39, 0.29) is 6.04 Å². The quantitative estimate of drug-likeness (QED) is 0.684. The molecule has 146 valence electrons. The van der Waals surface area contributed by atoms with Gasteiger partial charge in [0.15, 0.2) is 0 Å². The standard InChI is InChI=1S/C22H28N6/c1-15(12-13-16-8-4-3-5-9-16)24-20-14-19(25-22(23)26-20)21-17-10-6-7-11-18(17)27-28(21)2/h3-5,8-9,14-15H,6-7,10-13H2,1-2H3,(H3,23,24,25,26). The first-order valence-electron chi connectivity index (χ1n) is 10.1. The SMILES string of the molecule is CC(CCc1ccccc1)Nc1cc(-c2c3c(nn2C)CCCC3)nc(N)n1. The molecule has 0 saturated heterocycles. The average molecular weight is 377 g/mol. The Kier molecular flexibility index (Phi) is 5.28. The van der Waals surface area contributed by atoms with Gasteiger partial charge in [-0.05, 0) is 51.0 Å². The van der Waals surface area contributed by atoms with Crippen molar-refractivity contribution < 1.29 is 0 Å². The highest BCUT2D eigenvalue weighted by molar-refractivity contribution is 5.65. The Morgan fingerprint density at radius 3 is 2.75 bits per heavy atom. The van der Waals surface area contributed by atoms with Crippen molar-refractivity contribution in [2.75, 3.05) is 11.1 Å². The Morgan fingerprint density at radius 1 is 1.14 bits per heavy atom. The van der Waals surface area contributed by atoms with Crippen molar-refractivity contribution in [3.8, 4) is 11.4 Å². The first kappa shape index (κ1) is 18.5. The lowest BCUT2D eigenvalue weighted by Gasteiger charge is -2.16. The molecule has 0 amide bonds. The Hall–Kier alpha value is -2.89. The van der Waals surface area contributed by atoms with E-state index in [1.807, 2.05) is 23.9 Å². The van der Waals surface area contributed by atoms with Gasteiger partial charge in [-0.15, -0.1) is 0 Å². The van der Waals surface area contributed by atoms with Crippen LogP contribution in [0.1, 0.15) is 43.0 Å². The van der Waals surface area contributed by atoms with Crippen LogP contribution in [0.3, 0.4) is 0 Å². The predicted molar refractivity (Wildman–Crippen MR) is 113 cm³/mol. The molecule has 4 rings (SSSR count). The van der Waals surface area contributed by atoms with Crippen molar-refractivity contribution in [2.24, 2.45) is 7.05 Å². The molecule has 0 aliphatic heterocycles. The fraction of sp³-hybridized carbons (Fsp3) is 0.409. The summed E-state index contributed by atoms with van der Waals surface area (Å²) >= 11 is 0. The predicted octanol–water partition coefficient (Wildman–Crippen LogP) is 3.77. The zero-order chi connectivity index (χ0) is 19.5. The highest BCUT2D eigenvalue weighted by Gasteiger charge is 2.22. The van der Waals surface area contributed by atoms with E-state index in [0.29, 0.717) is 5.95 Å². The van der Waals surface area contributed by atoms with E-state index in [4.69, 9.17) is 10.8 Å². The molecular weight excluding hydrogens is 348 g/mol. The van der Waals surface area contributed by atoms with Gasteiger partial charge in [0.2, 0.25) is 5.95 Å². The molecular formula is C22H28N6. The third-order valence-electron chi connectivity index (χ3n) is 5.41. The summed E-state index contributed by atoms with van der Waals surface area (Å²) in [7, 11) is 1.99. The number of rotatable bonds is 6. The minimum absolute atomic E-state index is 0.280. The summed E-state index contributed by atoms with van der Waals surface area (Å²) in [6.07, 6.45) is 6.56. The molecule has 3 N–H and O–H groups in total. The van der Waals surface area contributed by atoms with Crippen LogP contribution >= 0.6 is 0 Å². The second-order valence-electron chi connectivity index (χ2n) is 7.67. The van der Waals surface area contributed by atoms with Crippen molar-refractivity contribution in [3.05, 3.63) is 53.2 Å². The number of benzene rings is 1. The maximum atomic E-state index is 6.04. The van der Waals surface area contributed by atoms with Crippen LogP contribution in [0.25, 0.3) is 11.4 Å². The van der Waals surface area contributed by atoms with Gasteiger partial charge in [-0.2, -0.15) is 10.1 Å². The molecule has 6 nitrogen and oxygen atoms in total. The molecule has 6 heteroatoms. The molecule has 1 unspecified atom stereocenters. The second-order valence-corrected chi connectivity index (χ2v) is 7.67. The summed E-state index contributed by atoms with van der Waals surface area (Å²) < 4.78 is 1.94. The van der Waals surface area contributed by atoms with Crippen molar-refractivity contribution in [2.45, 2.75) is 51.5 Å². The summed E-state index contributed by atoms with van der Waals surface area (Å²) in [4.78, 5) is 8.92. The summed E-state index contributed by atoms with van der Waals surface area (Å²) in [5.41, 5.74) is 11.8. The number of fused-ring (bicyclic) bond motifs is 1. The van der Waals surface area contributed by atoms with Crippen molar-refractivity contribution in [3.63, 3.8) is 0 Å². The van der Waals surface area contributed by atoms with Crippen LogP contribution in [0.2, 0.25) is 0 Å². The van der Waals surface area contributed by atoms with E-state index in [1.54, 1.807) is 0 Å². The van der Waals surface area contributed by atoms with Gasteiger partial charge in [-0.3, -0.25) is 4.68 Å². The monoisotopic (exact) mass is 376 g/mol. The molecule has 28 heavy (non-hydrogen) atoms. The van der Waals surface area contributed by atoms with Crippen molar-refractivity contribution in [1.82, 2.24) is 19.7 Å². The number of anilines is 2. The van der Waals surface area contributed by atoms with Crippen LogP contribution in [-0.4, -0.2) is 25.8 Å². The highest BCUT2D eigenvalue weighted by atomic mass is 15.3. The number of nitrogen functional groups attached to an aromatic ring is 1. The summed E-state index contributed by atoms with van der Waals surface area (Å²) in [6, 6.07) is 12.8. The topological polar surface area (TPSA) is 81.7 Å². The third-order valence-corrected chi connectivity index (χ3v) is 5.41. The Balaban J connectivity index is 1.52. The summed E-state index contributed by atoms with van der Waals surface area (Å²) in [5, 5.41) is 8.20. The molecule has 2 aromatic heterocycles. The van der Waals surface area contributed by atoms with E-state index in [9.17, 15) is 0 Å². The molecule has 0 spiro atoms. The van der Waals surface area contributed by atoms with Gasteiger partial charge >= 0.3 is 0 Å². The number of hydrogen-bond acceptors (Lipinski definition) is 5. The van der Waals surface area contributed by atoms with E-state index in [0.717, 1.165) is 42.9 Å². The van der Waals surface area contributed by atoms with E-state index in [1.165, 1.54) is 29.7 Å². The minimum atomic E-state index is 0.280. The molecule has 3 aromatic rings. The molecule has 1 atom stereocenters. The Morgan fingerprint density at radius 2 is 1.93 bits per heavy atom. The molecule has 0 saturated carbocycles. The second kappa shape index (κ2) is 8.00. The van der Waals surface area contributed by atoms with E-state index >= 15 is 0 Å². The first-order valence-corrected chi connectivity index (χ1v) is 10.1. The maximum absolute atomic E-state index is 6.04. The van der Waals surface area contributed by atoms with Crippen LogP contribution in [0, 0.1) is 0 Å². The van der Waals surface area contributed by atoms with Crippen molar-refractivity contribution >= 4 is 11.8 Å². The molecule has 1 aromatic carbocycles. The fourth-order valence-electron chi connectivity index (χ4n) is 4.02. The van der Waals surface area contributed by atoms with E-state index in [2.05, 4.69) is 46.5 Å². The van der Waals surface area contributed by atoms with Crippen LogP contribution in [0.4, 0.5) is 11.8 Å². The lowest BCUT2D eigenvalue weighted by Crippen LogP contribution is -2.18. The molecule has 1 aliphatic carbocycles. The summed E-state index contributed by atoms with van der Waals surface area (Å²) in [5.74, 6) is 1.06. The van der Waals surface area contributed by atoms with Gasteiger partial charge in [0, 0.05) is 24.7 Å². The number of aryl methyl sites for hydroxylation is 3. The maximum Gasteiger partial charge on any atom is 0.222 e. The van der Waals surface area contributed by atoms with Gasteiger partial charge in [0.05, 0.1) is 17.1 Å². The lowest BCUT2D eigenvalue weighted by molar-refractivity contribution is 0.664. The van der Waals surface area contributed by atoms with Gasteiger partial charge in [-0.1, -0.05) is 30.3 Å². The normalized spacial score (nSPS) is 14.5. The zero-order valence-electron chi connectivity index (χ0n) is 16.7. The molecule has 0 radical (unpaired) electrons. The highest BCUT2D eigenvalue weighted by Crippen LogP contribution is 2.31. The lowest BCUT2D eigenvalue weighted by atomic mass is 9.95. The molecule has 0 fully saturated rings. The molecule has 2 heterocycles. The average Bonchev–Trinajstić information content (AvgIpc) is 3.02. The number of nitrogens with two attached hydrogens (primary N) is 1. The van der Waals surface area contributed by atoms with Gasteiger partial charge < -0.3 is 11.1 Å². The van der Waals surface area contributed by atoms with Crippen LogP contribution in [0.15, 0.2) is 36.4 Å². The Bertz CT molecular complexity index is 947. The number of aromatic nitrogens is 4. The number of nitrogens with one attached hydrogen (secondary N) is 1. The molecule has 1 aliphatic rings. The molecule has 0 bridgehead atoms. The fourth-order valence-corrected chi connectivity index (χ4v) is 4.02. The minimum Gasteiger partial charge on any atom is -0.368 e. The van der Waals surface area contributed by atoms with Gasteiger partial charge in [-0.25, -0.2) is 4.98 Å². The number of hydrogen-bond donors (Lipinski definition) is 2. The van der Waals surface area contributed by atoms with Crippen LogP contribution in [0.5, 0.6) is 0 Å². The smallest absolute Gasteiger partial charge is 0.222 e. The van der Waals surface area contributed by atoms with Gasteiger partial charge in [0.1, 0.15) is 5.82 Å². The van der Waals surface area contributed by atoms with Gasteiger partial charge in [0.25, 0.3) is 0 Å².